The molecule has 0 aromatic heterocycles. The molecule has 0 aliphatic carbocycles. The van der Waals surface area contributed by atoms with Gasteiger partial charge < -0.3 is 19.5 Å². The number of rotatable bonds is 3. The van der Waals surface area contributed by atoms with Crippen molar-refractivity contribution in [2.75, 3.05) is 0 Å². The van der Waals surface area contributed by atoms with Crippen LogP contribution in [0.3, 0.4) is 0 Å². The maximum atomic E-state index is 11.2. The number of nitrogens with one attached hydrogen (secondary N) is 1. The van der Waals surface area contributed by atoms with Crippen molar-refractivity contribution >= 4 is 17.8 Å². The summed E-state index contributed by atoms with van der Waals surface area (Å²) >= 11 is 0. The lowest BCUT2D eigenvalue weighted by Gasteiger charge is -2.39. The van der Waals surface area contributed by atoms with Crippen molar-refractivity contribution in [2.45, 2.75) is 58.7 Å². The van der Waals surface area contributed by atoms with Gasteiger partial charge in [0.1, 0.15) is 6.10 Å². The van der Waals surface area contributed by atoms with E-state index in [0.29, 0.717) is 0 Å². The third-order valence-electron chi connectivity index (χ3n) is 2.66. The molecule has 1 heterocycles. The first-order chi connectivity index (χ1) is 8.79. The summed E-state index contributed by atoms with van der Waals surface area (Å²) in [4.78, 5) is 33.2. The van der Waals surface area contributed by atoms with Gasteiger partial charge >= 0.3 is 11.9 Å². The van der Waals surface area contributed by atoms with Crippen LogP contribution in [-0.4, -0.2) is 42.4 Å². The highest BCUT2D eigenvalue weighted by molar-refractivity contribution is 5.73. The third-order valence-corrected chi connectivity index (χ3v) is 2.66. The standard InChI is InChI=1S/C12H19NO6/c1-6-12(19-9(4)16)10(13-7(2)14)5-11(17-6)18-8(3)15/h6,10-12H,5H2,1-4H3,(H,13,14). The highest BCUT2D eigenvalue weighted by Gasteiger charge is 2.40. The van der Waals surface area contributed by atoms with Gasteiger partial charge in [-0.25, -0.2) is 0 Å². The van der Waals surface area contributed by atoms with Gasteiger partial charge in [0.2, 0.25) is 12.2 Å². The number of hydrogen-bond acceptors (Lipinski definition) is 6. The summed E-state index contributed by atoms with van der Waals surface area (Å²) in [6, 6.07) is -0.450. The minimum atomic E-state index is -0.754. The smallest absolute Gasteiger partial charge is 0.304 e. The van der Waals surface area contributed by atoms with Crippen LogP contribution in [0, 0.1) is 0 Å². The predicted octanol–water partition coefficient (Wildman–Crippen LogP) is 0.121. The lowest BCUT2D eigenvalue weighted by Crippen LogP contribution is -2.56. The molecular formula is C12H19NO6. The lowest BCUT2D eigenvalue weighted by molar-refractivity contribution is -0.229. The average molecular weight is 273 g/mol. The highest BCUT2D eigenvalue weighted by Crippen LogP contribution is 2.24. The Morgan fingerprint density at radius 1 is 1.11 bits per heavy atom. The van der Waals surface area contributed by atoms with Crippen molar-refractivity contribution in [1.29, 1.82) is 0 Å². The van der Waals surface area contributed by atoms with Crippen LogP contribution in [0.25, 0.3) is 0 Å². The first-order valence-corrected chi connectivity index (χ1v) is 6.06. The van der Waals surface area contributed by atoms with E-state index in [-0.39, 0.29) is 12.3 Å². The fraction of sp³-hybridized carbons (Fsp3) is 0.750. The van der Waals surface area contributed by atoms with Crippen LogP contribution in [0.1, 0.15) is 34.1 Å². The molecular weight excluding hydrogens is 254 g/mol. The van der Waals surface area contributed by atoms with Crippen LogP contribution in [0.4, 0.5) is 0 Å². The van der Waals surface area contributed by atoms with E-state index in [0.717, 1.165) is 0 Å². The molecule has 1 N–H and O–H groups in total. The van der Waals surface area contributed by atoms with E-state index in [4.69, 9.17) is 14.2 Å². The molecule has 19 heavy (non-hydrogen) atoms. The van der Waals surface area contributed by atoms with E-state index >= 15 is 0 Å². The zero-order valence-corrected chi connectivity index (χ0v) is 11.5. The van der Waals surface area contributed by atoms with E-state index < -0.39 is 36.5 Å². The van der Waals surface area contributed by atoms with Gasteiger partial charge in [-0.1, -0.05) is 0 Å². The van der Waals surface area contributed by atoms with Gasteiger partial charge in [0.05, 0.1) is 12.1 Å². The highest BCUT2D eigenvalue weighted by atomic mass is 16.7. The second kappa shape index (κ2) is 6.51. The molecule has 1 aliphatic rings. The number of ether oxygens (including phenoxy) is 3. The molecule has 108 valence electrons. The topological polar surface area (TPSA) is 90.9 Å². The maximum Gasteiger partial charge on any atom is 0.304 e. The van der Waals surface area contributed by atoms with Crippen LogP contribution in [0.5, 0.6) is 0 Å². The van der Waals surface area contributed by atoms with Gasteiger partial charge in [-0.2, -0.15) is 0 Å². The number of carbonyl (C=O) groups excluding carboxylic acids is 3. The number of amides is 1. The number of hydrogen-bond donors (Lipinski definition) is 1. The molecule has 1 aliphatic heterocycles. The minimum Gasteiger partial charge on any atom is -0.458 e. The fourth-order valence-electron chi connectivity index (χ4n) is 2.07. The largest absolute Gasteiger partial charge is 0.458 e. The Kier molecular flexibility index (Phi) is 5.29. The van der Waals surface area contributed by atoms with Crippen LogP contribution in [-0.2, 0) is 28.6 Å². The first kappa shape index (κ1) is 15.4. The third kappa shape index (κ3) is 4.86. The van der Waals surface area contributed by atoms with Crippen molar-refractivity contribution in [3.05, 3.63) is 0 Å². The van der Waals surface area contributed by atoms with Crippen molar-refractivity contribution in [2.24, 2.45) is 0 Å². The van der Waals surface area contributed by atoms with E-state index in [1.165, 1.54) is 20.8 Å². The summed E-state index contributed by atoms with van der Waals surface area (Å²) in [6.07, 6.45) is -1.61. The molecule has 7 nitrogen and oxygen atoms in total. The maximum absolute atomic E-state index is 11.2. The summed E-state index contributed by atoms with van der Waals surface area (Å²) in [5, 5.41) is 2.68. The summed E-state index contributed by atoms with van der Waals surface area (Å²) < 4.78 is 15.6. The van der Waals surface area contributed by atoms with Crippen LogP contribution < -0.4 is 5.32 Å². The van der Waals surface area contributed by atoms with Gasteiger partial charge in [0.25, 0.3) is 0 Å². The Labute approximate surface area is 111 Å². The summed E-state index contributed by atoms with van der Waals surface area (Å²) in [7, 11) is 0. The first-order valence-electron chi connectivity index (χ1n) is 6.06. The SMILES string of the molecule is CC(=O)NC1CC(OC(C)=O)OC(C)C1OC(C)=O. The van der Waals surface area contributed by atoms with Gasteiger partial charge in [0.15, 0.2) is 0 Å². The summed E-state index contributed by atoms with van der Waals surface area (Å²) in [5.41, 5.74) is 0. The minimum absolute atomic E-state index is 0.238. The molecule has 0 aromatic rings. The Bertz CT molecular complexity index is 369. The number of esters is 2. The monoisotopic (exact) mass is 273 g/mol. The molecule has 1 amide bonds. The zero-order valence-electron chi connectivity index (χ0n) is 11.5. The van der Waals surface area contributed by atoms with Gasteiger partial charge in [0, 0.05) is 27.2 Å². The predicted molar refractivity (Wildman–Crippen MR) is 63.9 cm³/mol. The molecule has 0 aromatic carbocycles. The summed E-state index contributed by atoms with van der Waals surface area (Å²) in [6.45, 7) is 5.62. The Balaban J connectivity index is 2.77. The van der Waals surface area contributed by atoms with E-state index in [1.54, 1.807) is 6.92 Å². The van der Waals surface area contributed by atoms with Crippen LogP contribution in [0.2, 0.25) is 0 Å². The molecule has 1 fully saturated rings. The molecule has 4 atom stereocenters. The van der Waals surface area contributed by atoms with Gasteiger partial charge in [-0.15, -0.1) is 0 Å². The van der Waals surface area contributed by atoms with E-state index in [2.05, 4.69) is 5.32 Å². The molecule has 0 spiro atoms. The summed E-state index contributed by atoms with van der Waals surface area (Å²) in [5.74, 6) is -1.18. The lowest BCUT2D eigenvalue weighted by atomic mass is 9.99. The van der Waals surface area contributed by atoms with Crippen molar-refractivity contribution in [3.8, 4) is 0 Å². The molecule has 0 radical (unpaired) electrons. The van der Waals surface area contributed by atoms with Gasteiger partial charge in [-0.05, 0) is 6.92 Å². The van der Waals surface area contributed by atoms with E-state index in [9.17, 15) is 14.4 Å². The van der Waals surface area contributed by atoms with E-state index in [1.807, 2.05) is 0 Å². The van der Waals surface area contributed by atoms with Gasteiger partial charge in [-0.3, -0.25) is 14.4 Å². The molecule has 0 saturated carbocycles. The second-order valence-corrected chi connectivity index (χ2v) is 4.50. The number of carbonyl (C=O) groups is 3. The Morgan fingerprint density at radius 3 is 2.16 bits per heavy atom. The Morgan fingerprint density at radius 2 is 1.68 bits per heavy atom. The normalized spacial score (nSPS) is 30.3. The van der Waals surface area contributed by atoms with Crippen molar-refractivity contribution < 1.29 is 28.6 Å². The second-order valence-electron chi connectivity index (χ2n) is 4.50. The van der Waals surface area contributed by atoms with Crippen molar-refractivity contribution in [1.82, 2.24) is 5.32 Å². The molecule has 0 bridgehead atoms. The molecule has 7 heteroatoms. The fourth-order valence-corrected chi connectivity index (χ4v) is 2.07. The molecule has 4 unspecified atom stereocenters. The van der Waals surface area contributed by atoms with Crippen LogP contribution >= 0.6 is 0 Å². The molecule has 1 rings (SSSR count). The average Bonchev–Trinajstić information content (AvgIpc) is 2.21. The molecule has 1 saturated heterocycles. The van der Waals surface area contributed by atoms with Crippen LogP contribution in [0.15, 0.2) is 0 Å². The van der Waals surface area contributed by atoms with Crippen molar-refractivity contribution in [3.63, 3.8) is 0 Å². The quantitative estimate of drug-likeness (QED) is 0.734. The zero-order chi connectivity index (χ0) is 14.6. The Hall–Kier alpha value is -1.63.